The minimum atomic E-state index is -0.244. The van der Waals surface area contributed by atoms with Crippen LogP contribution >= 0.6 is 12.6 Å². The van der Waals surface area contributed by atoms with Crippen LogP contribution in [0.2, 0.25) is 0 Å². The van der Waals surface area contributed by atoms with E-state index >= 15 is 0 Å². The van der Waals surface area contributed by atoms with Gasteiger partial charge in [0.25, 0.3) is 5.91 Å². The maximum absolute atomic E-state index is 12.4. The summed E-state index contributed by atoms with van der Waals surface area (Å²) in [6, 6.07) is 10.6. The molecule has 0 bridgehead atoms. The standard InChI is InChI=1S/C17H20N2O3S/c1-3-21-13-10-12(15(22-4-2)16(23)14(13)18)19-17(20)11-8-6-5-7-9-11/h5-10,23H,3-4,18H2,1-2H3,(H,19,20). The molecule has 0 radical (unpaired) electrons. The number of rotatable bonds is 6. The van der Waals surface area contributed by atoms with E-state index in [9.17, 15) is 4.79 Å². The van der Waals surface area contributed by atoms with Crippen molar-refractivity contribution in [1.29, 1.82) is 0 Å². The molecule has 0 heterocycles. The summed E-state index contributed by atoms with van der Waals surface area (Å²) in [5, 5.41) is 2.83. The predicted molar refractivity (Wildman–Crippen MR) is 94.8 cm³/mol. The monoisotopic (exact) mass is 332 g/mol. The Labute approximate surface area is 141 Å². The number of carbonyl (C=O) groups excluding carboxylic acids is 1. The van der Waals surface area contributed by atoms with Crippen LogP contribution in [0, 0.1) is 0 Å². The minimum absolute atomic E-state index is 0.244. The van der Waals surface area contributed by atoms with Gasteiger partial charge in [-0.15, -0.1) is 12.6 Å². The molecule has 2 aromatic carbocycles. The molecule has 0 aliphatic rings. The van der Waals surface area contributed by atoms with E-state index in [-0.39, 0.29) is 5.91 Å². The maximum atomic E-state index is 12.4. The van der Waals surface area contributed by atoms with Crippen LogP contribution in [0.25, 0.3) is 0 Å². The third kappa shape index (κ3) is 3.90. The van der Waals surface area contributed by atoms with E-state index in [1.54, 1.807) is 30.3 Å². The Hall–Kier alpha value is -2.34. The molecule has 0 saturated heterocycles. The van der Waals surface area contributed by atoms with E-state index in [0.717, 1.165) is 0 Å². The van der Waals surface area contributed by atoms with Gasteiger partial charge >= 0.3 is 0 Å². The molecule has 122 valence electrons. The highest BCUT2D eigenvalue weighted by atomic mass is 32.1. The predicted octanol–water partition coefficient (Wildman–Crippen LogP) is 3.61. The molecule has 2 rings (SSSR count). The van der Waals surface area contributed by atoms with Crippen LogP contribution in [0.1, 0.15) is 24.2 Å². The van der Waals surface area contributed by atoms with Gasteiger partial charge in [-0.05, 0) is 26.0 Å². The molecule has 0 spiro atoms. The molecule has 0 saturated carbocycles. The van der Waals surface area contributed by atoms with Crippen LogP contribution in [0.4, 0.5) is 11.4 Å². The van der Waals surface area contributed by atoms with Crippen molar-refractivity contribution >= 4 is 29.9 Å². The van der Waals surface area contributed by atoms with Gasteiger partial charge in [-0.2, -0.15) is 0 Å². The van der Waals surface area contributed by atoms with Crippen LogP contribution < -0.4 is 20.5 Å². The van der Waals surface area contributed by atoms with E-state index in [1.165, 1.54) is 0 Å². The maximum Gasteiger partial charge on any atom is 0.255 e. The van der Waals surface area contributed by atoms with Gasteiger partial charge in [-0.25, -0.2) is 0 Å². The van der Waals surface area contributed by atoms with Crippen molar-refractivity contribution in [3.8, 4) is 11.5 Å². The van der Waals surface area contributed by atoms with Gasteiger partial charge in [0.2, 0.25) is 0 Å². The molecule has 0 atom stereocenters. The summed E-state index contributed by atoms with van der Waals surface area (Å²) in [5.41, 5.74) is 7.42. The lowest BCUT2D eigenvalue weighted by Gasteiger charge is -2.18. The molecule has 2 aromatic rings. The summed E-state index contributed by atoms with van der Waals surface area (Å²) in [5.74, 6) is 0.650. The Morgan fingerprint density at radius 2 is 1.83 bits per heavy atom. The average Bonchev–Trinajstić information content (AvgIpc) is 2.57. The molecule has 1 amide bonds. The third-order valence-electron chi connectivity index (χ3n) is 3.13. The first-order valence-corrected chi connectivity index (χ1v) is 7.80. The Bertz CT molecular complexity index is 690. The number of anilines is 2. The SMILES string of the molecule is CCOc1cc(NC(=O)c2ccccc2)c(OCC)c(S)c1N. The number of benzene rings is 2. The highest BCUT2D eigenvalue weighted by Gasteiger charge is 2.18. The molecule has 0 aromatic heterocycles. The van der Waals surface area contributed by atoms with E-state index in [1.807, 2.05) is 19.9 Å². The fraction of sp³-hybridized carbons (Fsp3) is 0.235. The Morgan fingerprint density at radius 1 is 1.17 bits per heavy atom. The summed E-state index contributed by atoms with van der Waals surface area (Å²) in [6.45, 7) is 4.59. The second kappa shape index (κ2) is 7.78. The molecule has 5 nitrogen and oxygen atoms in total. The highest BCUT2D eigenvalue weighted by molar-refractivity contribution is 7.80. The molecule has 0 aliphatic carbocycles. The zero-order valence-corrected chi connectivity index (χ0v) is 14.0. The molecular formula is C17H20N2O3S. The summed E-state index contributed by atoms with van der Waals surface area (Å²) in [4.78, 5) is 12.8. The molecule has 3 N–H and O–H groups in total. The second-order valence-corrected chi connectivity index (χ2v) is 5.15. The average molecular weight is 332 g/mol. The van der Waals surface area contributed by atoms with Crippen molar-refractivity contribution in [2.45, 2.75) is 18.7 Å². The van der Waals surface area contributed by atoms with Gasteiger partial charge < -0.3 is 20.5 Å². The number of hydrogen-bond acceptors (Lipinski definition) is 5. The number of amides is 1. The lowest BCUT2D eigenvalue weighted by molar-refractivity contribution is 0.102. The molecule has 0 fully saturated rings. The number of nitrogens with two attached hydrogens (primary N) is 1. The first-order chi connectivity index (χ1) is 11.1. The van der Waals surface area contributed by atoms with Crippen molar-refractivity contribution in [2.75, 3.05) is 24.3 Å². The lowest BCUT2D eigenvalue weighted by Crippen LogP contribution is -2.14. The topological polar surface area (TPSA) is 73.6 Å². The van der Waals surface area contributed by atoms with Crippen molar-refractivity contribution in [3.05, 3.63) is 42.0 Å². The Kier molecular flexibility index (Phi) is 5.76. The van der Waals surface area contributed by atoms with Gasteiger partial charge in [0.1, 0.15) is 5.75 Å². The van der Waals surface area contributed by atoms with Crippen LogP contribution in [0.5, 0.6) is 11.5 Å². The van der Waals surface area contributed by atoms with Gasteiger partial charge in [-0.3, -0.25) is 4.79 Å². The summed E-state index contributed by atoms with van der Waals surface area (Å²) >= 11 is 4.41. The fourth-order valence-electron chi connectivity index (χ4n) is 2.08. The number of nitrogens with one attached hydrogen (secondary N) is 1. The van der Waals surface area contributed by atoms with Crippen LogP contribution in [-0.4, -0.2) is 19.1 Å². The third-order valence-corrected chi connectivity index (χ3v) is 3.57. The molecular weight excluding hydrogens is 312 g/mol. The number of hydrogen-bond donors (Lipinski definition) is 3. The van der Waals surface area contributed by atoms with Crippen molar-refractivity contribution < 1.29 is 14.3 Å². The quantitative estimate of drug-likeness (QED) is 0.558. The number of nitrogen functional groups attached to an aromatic ring is 1. The lowest BCUT2D eigenvalue weighted by atomic mass is 10.2. The van der Waals surface area contributed by atoms with Gasteiger partial charge in [-0.1, -0.05) is 18.2 Å². The van der Waals surface area contributed by atoms with E-state index in [2.05, 4.69) is 17.9 Å². The molecule has 0 unspecified atom stereocenters. The van der Waals surface area contributed by atoms with E-state index in [0.29, 0.717) is 46.5 Å². The summed E-state index contributed by atoms with van der Waals surface area (Å²) < 4.78 is 11.1. The number of carbonyl (C=O) groups is 1. The number of thiol groups is 1. The van der Waals surface area contributed by atoms with Gasteiger partial charge in [0.05, 0.1) is 29.5 Å². The smallest absolute Gasteiger partial charge is 0.255 e. The van der Waals surface area contributed by atoms with Crippen LogP contribution in [0.3, 0.4) is 0 Å². The zero-order valence-electron chi connectivity index (χ0n) is 13.1. The number of ether oxygens (including phenoxy) is 2. The first-order valence-electron chi connectivity index (χ1n) is 7.35. The molecule has 23 heavy (non-hydrogen) atoms. The molecule has 0 aliphatic heterocycles. The van der Waals surface area contributed by atoms with E-state index < -0.39 is 0 Å². The fourth-order valence-corrected chi connectivity index (χ4v) is 2.38. The van der Waals surface area contributed by atoms with E-state index in [4.69, 9.17) is 15.2 Å². The zero-order chi connectivity index (χ0) is 16.8. The summed E-state index contributed by atoms with van der Waals surface area (Å²) in [6.07, 6.45) is 0. The first kappa shape index (κ1) is 17.0. The second-order valence-electron chi connectivity index (χ2n) is 4.70. The summed E-state index contributed by atoms with van der Waals surface area (Å²) in [7, 11) is 0. The van der Waals surface area contributed by atoms with Crippen molar-refractivity contribution in [1.82, 2.24) is 0 Å². The Morgan fingerprint density at radius 3 is 2.43 bits per heavy atom. The van der Waals surface area contributed by atoms with Crippen molar-refractivity contribution in [2.24, 2.45) is 0 Å². The van der Waals surface area contributed by atoms with Crippen LogP contribution in [0.15, 0.2) is 41.3 Å². The van der Waals surface area contributed by atoms with Gasteiger partial charge in [0, 0.05) is 11.6 Å². The van der Waals surface area contributed by atoms with Crippen molar-refractivity contribution in [3.63, 3.8) is 0 Å². The normalized spacial score (nSPS) is 10.2. The minimum Gasteiger partial charge on any atom is -0.492 e. The largest absolute Gasteiger partial charge is 0.492 e. The van der Waals surface area contributed by atoms with Gasteiger partial charge in [0.15, 0.2) is 5.75 Å². The molecule has 6 heteroatoms. The van der Waals surface area contributed by atoms with Crippen LogP contribution in [-0.2, 0) is 0 Å². The Balaban J connectivity index is 2.40. The highest BCUT2D eigenvalue weighted by Crippen LogP contribution is 2.42.